The van der Waals surface area contributed by atoms with E-state index in [9.17, 15) is 53.5 Å². The third-order valence-corrected chi connectivity index (χ3v) is 12.4. The Morgan fingerprint density at radius 3 is 2.09 bits per heavy atom. The van der Waals surface area contributed by atoms with Crippen molar-refractivity contribution in [2.24, 2.45) is 0 Å². The molecule has 0 aromatic heterocycles. The second-order valence-corrected chi connectivity index (χ2v) is 17.8. The molecule has 55 heavy (non-hydrogen) atoms. The molecule has 0 spiro atoms. The summed E-state index contributed by atoms with van der Waals surface area (Å²) < 4.78 is 116. The van der Waals surface area contributed by atoms with Gasteiger partial charge in [-0.05, 0) is 55.9 Å². The number of hydrogen-bond acceptors (Lipinski definition) is 10. The molecule has 0 radical (unpaired) electrons. The topological polar surface area (TPSA) is 205 Å². The highest BCUT2D eigenvalue weighted by Gasteiger charge is 2.38. The van der Waals surface area contributed by atoms with Crippen molar-refractivity contribution in [1.82, 2.24) is 16.0 Å². The van der Waals surface area contributed by atoms with Crippen LogP contribution in [0.5, 0.6) is 0 Å². The standard InChI is InChI=1S/C33H47F2N3O8S2.C2HF3O2/c1-4-7-28(8-5-2)48(44,45)21-30(38-33(41)46-27-11-12-47(42,43)20-27)32(40)37-29(16-24-14-25(34)17-26(35)15-24)31(39)19-36-18-23-10-6-9-22(3)13-23;3-2(4,5)1(6)7/h6,9-10,13-15,17,27-31,36,39H,4-5,7-8,11-12,16,18-21H2,1-3H3,(H,37,40)(H,38,41);(H,6,7)/t27-,29-,30-,31+;/m0./s1. The number of alkyl carbamates (subject to hydrolysis) is 1. The highest BCUT2D eigenvalue weighted by molar-refractivity contribution is 7.92. The molecule has 3 rings (SSSR count). The van der Waals surface area contributed by atoms with Gasteiger partial charge >= 0.3 is 18.2 Å². The Kier molecular flexibility index (Phi) is 18.4. The number of hydrogen-bond donors (Lipinski definition) is 5. The van der Waals surface area contributed by atoms with Crippen LogP contribution in [0.4, 0.5) is 26.7 Å². The predicted octanol–water partition coefficient (Wildman–Crippen LogP) is 3.75. The molecule has 2 aromatic carbocycles. The van der Waals surface area contributed by atoms with E-state index in [-0.39, 0.29) is 30.7 Å². The van der Waals surface area contributed by atoms with Crippen LogP contribution in [0.2, 0.25) is 0 Å². The van der Waals surface area contributed by atoms with Crippen molar-refractivity contribution in [1.29, 1.82) is 0 Å². The lowest BCUT2D eigenvalue weighted by Crippen LogP contribution is -2.57. The summed E-state index contributed by atoms with van der Waals surface area (Å²) in [5.74, 6) is -6.79. The molecule has 2 aromatic rings. The Hall–Kier alpha value is -3.88. The first-order valence-corrected chi connectivity index (χ1v) is 21.0. The number of carboxylic acid groups (broad SMARTS) is 1. The number of alkyl halides is 3. The molecule has 1 heterocycles. The number of halogens is 5. The van der Waals surface area contributed by atoms with Crippen LogP contribution >= 0.6 is 0 Å². The molecule has 1 fully saturated rings. The van der Waals surface area contributed by atoms with Gasteiger partial charge in [-0.2, -0.15) is 13.2 Å². The van der Waals surface area contributed by atoms with E-state index in [0.717, 1.165) is 23.3 Å². The molecule has 0 unspecified atom stereocenters. The maximum Gasteiger partial charge on any atom is 0.490 e. The summed E-state index contributed by atoms with van der Waals surface area (Å²) in [4.78, 5) is 35.6. The molecule has 5 N–H and O–H groups in total. The van der Waals surface area contributed by atoms with Crippen LogP contribution in [-0.4, -0.2) is 105 Å². The number of aliphatic carboxylic acids is 1. The zero-order valence-electron chi connectivity index (χ0n) is 30.6. The minimum absolute atomic E-state index is 0.0552. The monoisotopic (exact) mass is 829 g/mol. The minimum atomic E-state index is -5.08. The number of aryl methyl sites for hydroxylation is 1. The van der Waals surface area contributed by atoms with Gasteiger partial charge in [-0.3, -0.25) is 4.79 Å². The van der Waals surface area contributed by atoms with Gasteiger partial charge in [0.25, 0.3) is 0 Å². The first-order chi connectivity index (χ1) is 25.5. The van der Waals surface area contributed by atoms with Crippen LogP contribution in [-0.2, 0) is 47.0 Å². The number of aliphatic hydroxyl groups is 1. The largest absolute Gasteiger partial charge is 0.490 e. The average molecular weight is 830 g/mol. The fourth-order valence-corrected chi connectivity index (χ4v) is 9.51. The number of carbonyl (C=O) groups excluding carboxylic acids is 2. The van der Waals surface area contributed by atoms with Crippen molar-refractivity contribution >= 4 is 37.6 Å². The molecule has 0 saturated carbocycles. The van der Waals surface area contributed by atoms with Crippen LogP contribution in [0.1, 0.15) is 62.6 Å². The molecular weight excluding hydrogens is 782 g/mol. The van der Waals surface area contributed by atoms with Gasteiger partial charge in [0.1, 0.15) is 23.8 Å². The first-order valence-electron chi connectivity index (χ1n) is 17.4. The summed E-state index contributed by atoms with van der Waals surface area (Å²) in [5, 5.41) is 25.5. The van der Waals surface area contributed by atoms with Gasteiger partial charge in [0.05, 0.1) is 34.7 Å². The lowest BCUT2D eigenvalue weighted by atomic mass is 10.00. The number of rotatable bonds is 18. The van der Waals surface area contributed by atoms with Gasteiger partial charge in [0, 0.05) is 19.2 Å². The maximum absolute atomic E-state index is 14.1. The Bertz CT molecular complexity index is 1790. The first kappa shape index (κ1) is 47.3. The summed E-state index contributed by atoms with van der Waals surface area (Å²) >= 11 is 0. The molecule has 1 aliphatic rings. The predicted molar refractivity (Wildman–Crippen MR) is 192 cm³/mol. The number of amides is 2. The summed E-state index contributed by atoms with van der Waals surface area (Å²) in [6.45, 7) is 5.92. The molecule has 2 amide bonds. The number of carboxylic acids is 1. The smallest absolute Gasteiger partial charge is 0.475 e. The highest BCUT2D eigenvalue weighted by Crippen LogP contribution is 2.19. The van der Waals surface area contributed by atoms with E-state index in [1.165, 1.54) is 0 Å². The van der Waals surface area contributed by atoms with Crippen molar-refractivity contribution in [3.63, 3.8) is 0 Å². The van der Waals surface area contributed by atoms with E-state index in [0.29, 0.717) is 38.3 Å². The van der Waals surface area contributed by atoms with Crippen LogP contribution in [0.25, 0.3) is 0 Å². The Balaban J connectivity index is 0.00000136. The van der Waals surface area contributed by atoms with Crippen molar-refractivity contribution in [2.45, 2.75) is 102 Å². The van der Waals surface area contributed by atoms with E-state index >= 15 is 0 Å². The number of benzene rings is 2. The molecule has 310 valence electrons. The minimum Gasteiger partial charge on any atom is -0.475 e. The van der Waals surface area contributed by atoms with Gasteiger partial charge in [0.15, 0.2) is 19.7 Å². The highest BCUT2D eigenvalue weighted by atomic mass is 32.2. The average Bonchev–Trinajstić information content (AvgIpc) is 3.40. The number of nitrogens with one attached hydrogen (secondary N) is 3. The van der Waals surface area contributed by atoms with Crippen LogP contribution in [0, 0.1) is 18.6 Å². The van der Waals surface area contributed by atoms with Gasteiger partial charge in [-0.15, -0.1) is 0 Å². The molecule has 1 saturated heterocycles. The third kappa shape index (κ3) is 17.2. The van der Waals surface area contributed by atoms with Crippen molar-refractivity contribution in [3.8, 4) is 0 Å². The number of sulfone groups is 2. The molecule has 13 nitrogen and oxygen atoms in total. The molecule has 1 aliphatic heterocycles. The zero-order chi connectivity index (χ0) is 41.6. The normalized spacial score (nSPS) is 17.0. The molecular formula is C35H48F5N3O10S2. The van der Waals surface area contributed by atoms with Crippen molar-refractivity contribution in [2.75, 3.05) is 23.8 Å². The number of carbonyl (C=O) groups is 3. The fourth-order valence-electron chi connectivity index (χ4n) is 5.76. The van der Waals surface area contributed by atoms with Gasteiger partial charge < -0.3 is 30.9 Å². The molecule has 20 heteroatoms. The Labute approximate surface area is 317 Å². The summed E-state index contributed by atoms with van der Waals surface area (Å²) in [6, 6.07) is 7.61. The SMILES string of the molecule is CCCC(CCC)S(=O)(=O)C[C@H](NC(=O)O[C@H]1CCS(=O)(=O)C1)C(=O)N[C@@H](Cc1cc(F)cc(F)c1)[C@H](O)CNCc1cccc(C)c1.O=C(O)C(F)(F)F. The summed E-state index contributed by atoms with van der Waals surface area (Å²) in [5.41, 5.74) is 2.10. The fraction of sp³-hybridized carbons (Fsp3) is 0.571. The van der Waals surface area contributed by atoms with E-state index < -0.39 is 96.5 Å². The maximum atomic E-state index is 14.1. The Morgan fingerprint density at radius 1 is 0.982 bits per heavy atom. The van der Waals surface area contributed by atoms with E-state index in [1.54, 1.807) is 0 Å². The van der Waals surface area contributed by atoms with Crippen LogP contribution < -0.4 is 16.0 Å². The van der Waals surface area contributed by atoms with Crippen LogP contribution in [0.15, 0.2) is 42.5 Å². The quantitative estimate of drug-likeness (QED) is 0.137. The third-order valence-electron chi connectivity index (χ3n) is 8.38. The van der Waals surface area contributed by atoms with E-state index in [1.807, 2.05) is 45.0 Å². The Morgan fingerprint density at radius 2 is 1.58 bits per heavy atom. The van der Waals surface area contributed by atoms with Crippen molar-refractivity contribution < 1.29 is 68.1 Å². The summed E-state index contributed by atoms with van der Waals surface area (Å²) in [6.07, 6.45) is -6.87. The van der Waals surface area contributed by atoms with Gasteiger partial charge in [-0.25, -0.2) is 35.2 Å². The molecule has 4 atom stereocenters. The van der Waals surface area contributed by atoms with E-state index in [4.69, 9.17) is 14.6 Å². The van der Waals surface area contributed by atoms with E-state index in [2.05, 4.69) is 16.0 Å². The lowest BCUT2D eigenvalue weighted by molar-refractivity contribution is -0.192. The van der Waals surface area contributed by atoms with Gasteiger partial charge in [0.2, 0.25) is 5.91 Å². The van der Waals surface area contributed by atoms with Gasteiger partial charge in [-0.1, -0.05) is 56.5 Å². The molecule has 0 aliphatic carbocycles. The van der Waals surface area contributed by atoms with Crippen molar-refractivity contribution in [3.05, 3.63) is 70.8 Å². The number of ether oxygens (including phenoxy) is 1. The zero-order valence-corrected chi connectivity index (χ0v) is 32.2. The lowest BCUT2D eigenvalue weighted by Gasteiger charge is -2.28. The number of aliphatic hydroxyl groups excluding tert-OH is 1. The molecule has 0 bridgehead atoms. The second-order valence-electron chi connectivity index (χ2n) is 13.2. The second kappa shape index (κ2) is 21.4. The summed E-state index contributed by atoms with van der Waals surface area (Å²) in [7, 11) is -7.35. The van der Waals surface area contributed by atoms with Crippen LogP contribution in [0.3, 0.4) is 0 Å².